The summed E-state index contributed by atoms with van der Waals surface area (Å²) in [6.07, 6.45) is 4.42. The van der Waals surface area contributed by atoms with Crippen LogP contribution in [0.4, 0.5) is 0 Å². The topological polar surface area (TPSA) is 95.0 Å². The molecule has 5 atom stereocenters. The minimum Gasteiger partial charge on any atom is -0.471 e. The van der Waals surface area contributed by atoms with Crippen molar-refractivity contribution < 1.29 is 28.6 Å². The third-order valence-corrected chi connectivity index (χ3v) is 10.0. The Morgan fingerprint density at radius 3 is 2.51 bits per heavy atom. The van der Waals surface area contributed by atoms with E-state index >= 15 is 0 Å². The molecule has 4 aliphatic rings. The van der Waals surface area contributed by atoms with Crippen molar-refractivity contribution in [3.8, 4) is 17.7 Å². The second kappa shape index (κ2) is 12.2. The monoisotopic (exact) mass is 606 g/mol. The first-order chi connectivity index (χ1) is 21.9. The number of rotatable bonds is 2. The number of esters is 2. The fourth-order valence-corrected chi connectivity index (χ4v) is 7.44. The average Bonchev–Trinajstić information content (AvgIpc) is 3.42. The number of aryl methyl sites for hydroxylation is 1. The summed E-state index contributed by atoms with van der Waals surface area (Å²) in [5.41, 5.74) is 4.91. The molecule has 1 aromatic heterocycles. The number of benzene rings is 2. The largest absolute Gasteiger partial charge is 0.471 e. The van der Waals surface area contributed by atoms with Gasteiger partial charge in [0.15, 0.2) is 0 Å². The van der Waals surface area contributed by atoms with Crippen LogP contribution in [-0.4, -0.2) is 59.6 Å². The van der Waals surface area contributed by atoms with E-state index in [0.717, 1.165) is 41.3 Å². The molecule has 2 aliphatic heterocycles. The van der Waals surface area contributed by atoms with Gasteiger partial charge in [-0.3, -0.25) is 9.59 Å². The number of methoxy groups -OCH3 is 1. The number of para-hydroxylation sites is 1. The van der Waals surface area contributed by atoms with Crippen LogP contribution in [0, 0.1) is 36.5 Å². The Balaban J connectivity index is 1.25. The Morgan fingerprint density at radius 2 is 1.73 bits per heavy atom. The zero-order valence-corrected chi connectivity index (χ0v) is 25.8. The third-order valence-electron chi connectivity index (χ3n) is 10.0. The van der Waals surface area contributed by atoms with Crippen LogP contribution in [0.3, 0.4) is 0 Å². The molecule has 2 aliphatic carbocycles. The average molecular weight is 607 g/mol. The lowest BCUT2D eigenvalue weighted by Gasteiger charge is -2.30. The molecule has 0 spiro atoms. The van der Waals surface area contributed by atoms with Gasteiger partial charge in [-0.2, -0.15) is 0 Å². The molecule has 7 rings (SSSR count). The van der Waals surface area contributed by atoms with Crippen molar-refractivity contribution in [3.63, 3.8) is 0 Å². The highest BCUT2D eigenvalue weighted by Crippen LogP contribution is 2.40. The van der Waals surface area contributed by atoms with Crippen LogP contribution in [-0.2, 0) is 36.7 Å². The normalized spacial score (nSPS) is 26.7. The molecule has 1 saturated carbocycles. The van der Waals surface area contributed by atoms with Crippen molar-refractivity contribution >= 4 is 28.7 Å². The molecule has 2 bridgehead atoms. The summed E-state index contributed by atoms with van der Waals surface area (Å²) in [7, 11) is 1.33. The first kappa shape index (κ1) is 29.3. The first-order valence-electron chi connectivity index (χ1n) is 16.1. The zero-order valence-electron chi connectivity index (χ0n) is 25.8. The first-order valence-corrected chi connectivity index (χ1v) is 16.1. The number of pyridine rings is 1. The fraction of sp³-hybridized carbons (Fsp3) is 0.459. The van der Waals surface area contributed by atoms with E-state index in [0.29, 0.717) is 31.1 Å². The van der Waals surface area contributed by atoms with Gasteiger partial charge in [0.25, 0.3) is 0 Å². The predicted molar refractivity (Wildman–Crippen MR) is 167 cm³/mol. The number of amides is 1. The van der Waals surface area contributed by atoms with Crippen molar-refractivity contribution in [3.05, 3.63) is 70.8 Å². The molecule has 0 radical (unpaired) electrons. The minimum absolute atomic E-state index is 0.0162. The minimum atomic E-state index is -0.833. The maximum Gasteiger partial charge on any atom is 0.328 e. The Labute approximate surface area is 263 Å². The van der Waals surface area contributed by atoms with Gasteiger partial charge in [-0.15, -0.1) is 0 Å². The number of hydrogen-bond acceptors (Lipinski definition) is 7. The van der Waals surface area contributed by atoms with Crippen LogP contribution in [0.15, 0.2) is 48.5 Å². The van der Waals surface area contributed by atoms with Gasteiger partial charge in [-0.1, -0.05) is 54.3 Å². The van der Waals surface area contributed by atoms with Crippen molar-refractivity contribution in [2.45, 2.75) is 76.5 Å². The van der Waals surface area contributed by atoms with E-state index in [1.165, 1.54) is 18.2 Å². The Bertz CT molecular complexity index is 1700. The maximum atomic E-state index is 14.5. The van der Waals surface area contributed by atoms with E-state index in [9.17, 15) is 14.4 Å². The highest BCUT2D eigenvalue weighted by atomic mass is 16.5. The summed E-state index contributed by atoms with van der Waals surface area (Å²) in [4.78, 5) is 47.3. The van der Waals surface area contributed by atoms with Gasteiger partial charge in [0.2, 0.25) is 11.8 Å². The van der Waals surface area contributed by atoms with E-state index in [4.69, 9.17) is 19.2 Å². The lowest BCUT2D eigenvalue weighted by Crippen LogP contribution is -2.46. The van der Waals surface area contributed by atoms with Gasteiger partial charge in [0, 0.05) is 18.2 Å². The Morgan fingerprint density at radius 1 is 0.978 bits per heavy atom. The standard InChI is InChI=1S/C37H38N2O6/c1-22-28-13-8-9-15-31(28)38-35-29(22)14-5-3-4-12-25-18-33(25)45-34(40)20-30(26-16-23-10-6-7-11-24(23)17-26)36(41)39-21-27(44-35)19-32(39)37(42)43-2/h6-11,13,15,25-27,30,32-33H,3-4,12,16-21H2,1-2H3/t25-,27-,30+,32+,33-/m1/s1. The summed E-state index contributed by atoms with van der Waals surface area (Å²) in [6.45, 7) is 2.21. The van der Waals surface area contributed by atoms with E-state index in [-0.39, 0.29) is 43.3 Å². The van der Waals surface area contributed by atoms with E-state index in [1.807, 2.05) is 43.3 Å². The van der Waals surface area contributed by atoms with Gasteiger partial charge >= 0.3 is 11.9 Å². The number of hydrogen-bond donors (Lipinski definition) is 0. The molecule has 2 aromatic carbocycles. The van der Waals surface area contributed by atoms with Crippen molar-refractivity contribution in [2.24, 2.45) is 17.8 Å². The molecular formula is C37H38N2O6. The van der Waals surface area contributed by atoms with Crippen LogP contribution < -0.4 is 4.74 Å². The van der Waals surface area contributed by atoms with E-state index < -0.39 is 24.0 Å². The maximum absolute atomic E-state index is 14.5. The molecule has 1 amide bonds. The number of aromatic nitrogens is 1. The fourth-order valence-electron chi connectivity index (χ4n) is 7.44. The van der Waals surface area contributed by atoms with Crippen molar-refractivity contribution in [2.75, 3.05) is 13.7 Å². The summed E-state index contributed by atoms with van der Waals surface area (Å²) < 4.78 is 17.6. The number of carbonyl (C=O) groups excluding carboxylic acids is 3. The predicted octanol–water partition coefficient (Wildman–Crippen LogP) is 4.95. The lowest BCUT2D eigenvalue weighted by atomic mass is 9.85. The number of fused-ring (bicyclic) bond motifs is 6. The van der Waals surface area contributed by atoms with E-state index in [1.54, 1.807) is 4.90 Å². The molecule has 0 N–H and O–H groups in total. The number of nitrogens with zero attached hydrogens (tertiary/aromatic N) is 2. The molecular weight excluding hydrogens is 568 g/mol. The summed E-state index contributed by atoms with van der Waals surface area (Å²) in [6, 6.07) is 15.3. The van der Waals surface area contributed by atoms with Crippen LogP contribution in [0.2, 0.25) is 0 Å². The molecule has 232 valence electrons. The molecule has 3 aromatic rings. The van der Waals surface area contributed by atoms with Crippen molar-refractivity contribution in [1.29, 1.82) is 0 Å². The highest BCUT2D eigenvalue weighted by molar-refractivity contribution is 5.89. The molecule has 8 heteroatoms. The van der Waals surface area contributed by atoms with Gasteiger partial charge in [0.05, 0.1) is 37.1 Å². The Hall–Kier alpha value is -4.38. The molecule has 1 saturated heterocycles. The molecule has 2 fully saturated rings. The van der Waals surface area contributed by atoms with Gasteiger partial charge in [0.1, 0.15) is 18.2 Å². The lowest BCUT2D eigenvalue weighted by molar-refractivity contribution is -0.156. The highest BCUT2D eigenvalue weighted by Gasteiger charge is 2.47. The molecule has 0 unspecified atom stereocenters. The quantitative estimate of drug-likeness (QED) is 0.301. The van der Waals surface area contributed by atoms with Gasteiger partial charge in [-0.05, 0) is 73.6 Å². The summed E-state index contributed by atoms with van der Waals surface area (Å²) in [5, 5.41) is 1.01. The summed E-state index contributed by atoms with van der Waals surface area (Å²) in [5.74, 6) is 5.60. The third kappa shape index (κ3) is 5.88. The molecule has 8 nitrogen and oxygen atoms in total. The number of ether oxygens (including phenoxy) is 3. The Kier molecular flexibility index (Phi) is 7.95. The number of carbonyl (C=O) groups is 3. The van der Waals surface area contributed by atoms with Crippen molar-refractivity contribution in [1.82, 2.24) is 9.88 Å². The van der Waals surface area contributed by atoms with Crippen LogP contribution in [0.1, 0.15) is 60.8 Å². The second-order valence-corrected chi connectivity index (χ2v) is 12.9. The van der Waals surface area contributed by atoms with Gasteiger partial charge < -0.3 is 19.1 Å². The van der Waals surface area contributed by atoms with Crippen LogP contribution in [0.5, 0.6) is 5.88 Å². The second-order valence-electron chi connectivity index (χ2n) is 12.9. The summed E-state index contributed by atoms with van der Waals surface area (Å²) >= 11 is 0. The van der Waals surface area contributed by atoms with Crippen LogP contribution in [0.25, 0.3) is 10.9 Å². The van der Waals surface area contributed by atoms with Crippen LogP contribution >= 0.6 is 0 Å². The zero-order chi connectivity index (χ0) is 31.1. The smallest absolute Gasteiger partial charge is 0.328 e. The van der Waals surface area contributed by atoms with Gasteiger partial charge in [-0.25, -0.2) is 9.78 Å². The SMILES string of the molecule is COC(=O)[C@@H]1C[C@@H]2CN1C(=O)[C@H](C1Cc3ccccc3C1)CC(=O)O[C@@H]1C[C@H]1CCCC#Cc1c(nc3ccccc3c1C)O2. The van der Waals surface area contributed by atoms with E-state index in [2.05, 4.69) is 24.0 Å². The molecule has 3 heterocycles. The molecule has 45 heavy (non-hydrogen) atoms.